The largest absolute Gasteiger partial charge is 0.311 e. The minimum Gasteiger partial charge on any atom is -0.311 e. The van der Waals surface area contributed by atoms with Crippen molar-refractivity contribution in [3.8, 4) is 11.1 Å². The predicted molar refractivity (Wildman–Crippen MR) is 211 cm³/mol. The second kappa shape index (κ2) is 9.75. The van der Waals surface area contributed by atoms with Gasteiger partial charge in [-0.25, -0.2) is 0 Å². The van der Waals surface area contributed by atoms with Crippen LogP contribution in [-0.4, -0.2) is 6.71 Å². The maximum absolute atomic E-state index is 2.54. The molecule has 0 N–H and O–H groups in total. The van der Waals surface area contributed by atoms with Crippen molar-refractivity contribution in [2.45, 2.75) is 19.3 Å². The topological polar surface area (TPSA) is 6.48 Å². The number of rotatable bonds is 2. The number of benzene rings is 7. The number of nitrogens with zero attached hydrogens (tertiary/aromatic N) is 2. The van der Waals surface area contributed by atoms with Gasteiger partial charge in [0.05, 0.1) is 10.4 Å². The summed E-state index contributed by atoms with van der Waals surface area (Å²) in [6.45, 7) is 4.87. The molecule has 0 saturated heterocycles. The lowest BCUT2D eigenvalue weighted by molar-refractivity contribution is 0.660. The average Bonchev–Trinajstić information content (AvgIpc) is 3.64. The zero-order chi connectivity index (χ0) is 32.4. The fourth-order valence-corrected chi connectivity index (χ4v) is 10.3. The first kappa shape index (κ1) is 27.4. The molecule has 2 aliphatic heterocycles. The van der Waals surface area contributed by atoms with Gasteiger partial charge in [-0.2, -0.15) is 0 Å². The minimum atomic E-state index is -0.0748. The van der Waals surface area contributed by atoms with Crippen LogP contribution in [-0.2, 0) is 5.41 Å². The van der Waals surface area contributed by atoms with E-state index in [4.69, 9.17) is 0 Å². The van der Waals surface area contributed by atoms with Crippen LogP contribution in [0.2, 0.25) is 0 Å². The van der Waals surface area contributed by atoms with Crippen molar-refractivity contribution in [3.05, 3.63) is 163 Å². The lowest BCUT2D eigenvalue weighted by atomic mass is 9.33. The van der Waals surface area contributed by atoms with Gasteiger partial charge in [-0.15, -0.1) is 11.3 Å². The van der Waals surface area contributed by atoms with Crippen molar-refractivity contribution in [1.29, 1.82) is 0 Å². The molecule has 0 unspecified atom stereocenters. The van der Waals surface area contributed by atoms with Gasteiger partial charge in [0.25, 0.3) is 6.71 Å². The maximum Gasteiger partial charge on any atom is 0.252 e. The summed E-state index contributed by atoms with van der Waals surface area (Å²) in [4.78, 5) is 5.06. The Bertz CT molecular complexity index is 2690. The Kier molecular flexibility index (Phi) is 5.45. The van der Waals surface area contributed by atoms with E-state index in [0.717, 1.165) is 0 Å². The number of hydrogen-bond donors (Lipinski definition) is 0. The Morgan fingerprint density at radius 2 is 1.08 bits per heavy atom. The molecule has 230 valence electrons. The van der Waals surface area contributed by atoms with Gasteiger partial charge in [-0.3, -0.25) is 0 Å². The highest BCUT2D eigenvalue weighted by Crippen LogP contribution is 2.52. The van der Waals surface area contributed by atoms with E-state index < -0.39 is 0 Å². The molecule has 0 amide bonds. The van der Waals surface area contributed by atoms with Crippen LogP contribution in [0, 0.1) is 0 Å². The summed E-state index contributed by atoms with van der Waals surface area (Å²) in [6.07, 6.45) is 0. The van der Waals surface area contributed by atoms with Gasteiger partial charge in [-0.05, 0) is 87.2 Å². The molecular weight excluding hydrogens is 611 g/mol. The Balaban J connectivity index is 1.18. The normalized spacial score (nSPS) is 14.8. The smallest absolute Gasteiger partial charge is 0.252 e. The summed E-state index contributed by atoms with van der Waals surface area (Å²) in [5, 5.41) is 2.64. The van der Waals surface area contributed by atoms with Gasteiger partial charge >= 0.3 is 0 Å². The van der Waals surface area contributed by atoms with Gasteiger partial charge in [0.15, 0.2) is 0 Å². The minimum absolute atomic E-state index is 0.0748. The number of para-hydroxylation sites is 2. The number of fused-ring (bicyclic) bond motifs is 10. The van der Waals surface area contributed by atoms with Crippen LogP contribution in [0.5, 0.6) is 0 Å². The molecule has 0 radical (unpaired) electrons. The third-order valence-corrected chi connectivity index (χ3v) is 12.5. The van der Waals surface area contributed by atoms with Crippen molar-refractivity contribution in [3.63, 3.8) is 0 Å². The summed E-state index contributed by atoms with van der Waals surface area (Å²) in [7, 11) is 0. The SMILES string of the molecule is CC1(C)c2ccccc2-c2ccc(N3c4ccccc4B4c5ccccc5N(c5cccc6c5sc5ccccc56)c5cccc3c54)cc21. The monoisotopic (exact) mass is 642 g/mol. The Morgan fingerprint density at radius 3 is 1.92 bits per heavy atom. The highest BCUT2D eigenvalue weighted by molar-refractivity contribution is 7.26. The molecule has 1 aliphatic carbocycles. The first-order valence-electron chi connectivity index (χ1n) is 17.2. The van der Waals surface area contributed by atoms with E-state index in [1.807, 2.05) is 11.3 Å². The van der Waals surface area contributed by atoms with E-state index in [1.165, 1.54) is 92.9 Å². The molecule has 7 aromatic carbocycles. The van der Waals surface area contributed by atoms with Gasteiger partial charge in [0.2, 0.25) is 0 Å². The van der Waals surface area contributed by atoms with E-state index in [0.29, 0.717) is 0 Å². The molecule has 1 aromatic heterocycles. The molecule has 3 aliphatic rings. The molecule has 4 heteroatoms. The van der Waals surface area contributed by atoms with Crippen LogP contribution >= 0.6 is 11.3 Å². The van der Waals surface area contributed by atoms with Crippen LogP contribution in [0.15, 0.2) is 152 Å². The molecule has 0 fully saturated rings. The average molecular weight is 643 g/mol. The van der Waals surface area contributed by atoms with Gasteiger partial charge in [0.1, 0.15) is 0 Å². The standard InChI is InChI=1S/C45H31BN2S/c1-45(2)33-16-5-3-13-29(33)30-26-25-28(27-34(30)45)47-37-19-8-6-17-35(37)46-36-18-7-9-20-38(36)48(40-22-12-21-39(47)43(40)46)41-23-11-15-32-31-14-4-10-24-42(31)49-44(32)41/h3-27H,1-2H3. The van der Waals surface area contributed by atoms with Crippen LogP contribution < -0.4 is 26.2 Å². The van der Waals surface area contributed by atoms with Crippen LogP contribution in [0.1, 0.15) is 25.0 Å². The number of thiophene rings is 1. The zero-order valence-electron chi connectivity index (χ0n) is 27.3. The molecular formula is C45H31BN2S. The molecule has 3 heterocycles. The first-order valence-corrected chi connectivity index (χ1v) is 18.0. The lowest BCUT2D eigenvalue weighted by Crippen LogP contribution is -2.61. The van der Waals surface area contributed by atoms with Gasteiger partial charge in [0, 0.05) is 49.3 Å². The van der Waals surface area contributed by atoms with Crippen molar-refractivity contribution in [1.82, 2.24) is 0 Å². The first-order chi connectivity index (χ1) is 24.1. The molecule has 0 saturated carbocycles. The second-order valence-corrected chi connectivity index (χ2v) is 15.1. The van der Waals surface area contributed by atoms with Crippen LogP contribution in [0.4, 0.5) is 34.1 Å². The summed E-state index contributed by atoms with van der Waals surface area (Å²) in [5.41, 5.74) is 16.9. The number of anilines is 6. The van der Waals surface area contributed by atoms with Crippen molar-refractivity contribution >= 4 is 88.7 Å². The Morgan fingerprint density at radius 1 is 0.490 bits per heavy atom. The van der Waals surface area contributed by atoms with E-state index in [2.05, 4.69) is 175 Å². The summed E-state index contributed by atoms with van der Waals surface area (Å²) in [5.74, 6) is 0. The molecule has 2 nitrogen and oxygen atoms in total. The fourth-order valence-electron chi connectivity index (χ4n) is 9.11. The summed E-state index contributed by atoms with van der Waals surface area (Å²) >= 11 is 1.90. The molecule has 8 aromatic rings. The highest BCUT2D eigenvalue weighted by atomic mass is 32.1. The number of hydrogen-bond acceptors (Lipinski definition) is 3. The molecule has 0 bridgehead atoms. The highest BCUT2D eigenvalue weighted by Gasteiger charge is 2.44. The zero-order valence-corrected chi connectivity index (χ0v) is 28.1. The predicted octanol–water partition coefficient (Wildman–Crippen LogP) is 10.4. The fraction of sp³-hybridized carbons (Fsp3) is 0.0667. The lowest BCUT2D eigenvalue weighted by Gasteiger charge is -2.44. The Hall–Kier alpha value is -5.58. The Labute approximate surface area is 290 Å². The summed E-state index contributed by atoms with van der Waals surface area (Å²) in [6, 6.07) is 56.7. The third-order valence-electron chi connectivity index (χ3n) is 11.3. The quantitative estimate of drug-likeness (QED) is 0.173. The van der Waals surface area contributed by atoms with Crippen LogP contribution in [0.3, 0.4) is 0 Å². The van der Waals surface area contributed by atoms with Crippen molar-refractivity contribution in [2.24, 2.45) is 0 Å². The summed E-state index contributed by atoms with van der Waals surface area (Å²) < 4.78 is 2.65. The molecule has 0 atom stereocenters. The van der Waals surface area contributed by atoms with E-state index in [9.17, 15) is 0 Å². The third kappa shape index (κ3) is 3.57. The van der Waals surface area contributed by atoms with Crippen molar-refractivity contribution in [2.75, 3.05) is 9.80 Å². The van der Waals surface area contributed by atoms with Crippen molar-refractivity contribution < 1.29 is 0 Å². The van der Waals surface area contributed by atoms with E-state index in [1.54, 1.807) is 0 Å². The molecule has 49 heavy (non-hydrogen) atoms. The second-order valence-electron chi connectivity index (χ2n) is 14.1. The van der Waals surface area contributed by atoms with E-state index in [-0.39, 0.29) is 12.1 Å². The van der Waals surface area contributed by atoms with Gasteiger partial charge < -0.3 is 9.80 Å². The van der Waals surface area contributed by atoms with Gasteiger partial charge in [-0.1, -0.05) is 117 Å². The molecule has 0 spiro atoms. The van der Waals surface area contributed by atoms with E-state index >= 15 is 0 Å². The molecule has 11 rings (SSSR count). The maximum atomic E-state index is 2.54. The van der Waals surface area contributed by atoms with Crippen LogP contribution in [0.25, 0.3) is 31.3 Å².